The third-order valence-electron chi connectivity index (χ3n) is 5.06. The van der Waals surface area contributed by atoms with Crippen molar-refractivity contribution in [1.29, 1.82) is 0 Å². The molecule has 0 aliphatic heterocycles. The van der Waals surface area contributed by atoms with Crippen LogP contribution in [0.3, 0.4) is 0 Å². The van der Waals surface area contributed by atoms with Crippen LogP contribution in [0, 0.1) is 18.8 Å². The number of benzene rings is 1. The molecule has 19 heavy (non-hydrogen) atoms. The zero-order chi connectivity index (χ0) is 13.4. The van der Waals surface area contributed by atoms with E-state index in [4.69, 9.17) is 4.74 Å². The lowest BCUT2D eigenvalue weighted by Crippen LogP contribution is -2.35. The molecule has 2 heteroatoms. The van der Waals surface area contributed by atoms with Gasteiger partial charge in [0.15, 0.2) is 0 Å². The van der Waals surface area contributed by atoms with Crippen molar-refractivity contribution in [2.45, 2.75) is 51.6 Å². The predicted molar refractivity (Wildman–Crippen MR) is 78.5 cm³/mol. The lowest BCUT2D eigenvalue weighted by atomic mass is 9.94. The Hall–Kier alpha value is -1.02. The lowest BCUT2D eigenvalue weighted by molar-refractivity contribution is 0.321. The molecule has 0 heterocycles. The van der Waals surface area contributed by atoms with Gasteiger partial charge in [0, 0.05) is 17.6 Å². The molecule has 1 N–H and O–H groups in total. The highest BCUT2D eigenvalue weighted by atomic mass is 16.5. The third kappa shape index (κ3) is 2.51. The molecule has 3 rings (SSSR count). The number of ether oxygens (including phenoxy) is 1. The number of aryl methyl sites for hydroxylation is 1. The van der Waals surface area contributed by atoms with Crippen molar-refractivity contribution >= 4 is 0 Å². The van der Waals surface area contributed by atoms with E-state index in [1.807, 2.05) is 0 Å². The molecule has 2 saturated carbocycles. The van der Waals surface area contributed by atoms with Crippen molar-refractivity contribution in [2.24, 2.45) is 11.8 Å². The first-order valence-corrected chi connectivity index (χ1v) is 7.58. The Kier molecular flexibility index (Phi) is 3.53. The van der Waals surface area contributed by atoms with Gasteiger partial charge in [0.25, 0.3) is 0 Å². The summed E-state index contributed by atoms with van der Waals surface area (Å²) >= 11 is 0. The molecule has 2 aliphatic carbocycles. The summed E-state index contributed by atoms with van der Waals surface area (Å²) in [5, 5.41) is 3.84. The normalized spacial score (nSPS) is 30.6. The van der Waals surface area contributed by atoms with Crippen LogP contribution in [0.5, 0.6) is 5.75 Å². The average molecular weight is 259 g/mol. The monoisotopic (exact) mass is 259 g/mol. The third-order valence-corrected chi connectivity index (χ3v) is 5.06. The van der Waals surface area contributed by atoms with E-state index in [1.165, 1.54) is 36.8 Å². The molecular formula is C17H25NO. The second-order valence-electron chi connectivity index (χ2n) is 6.42. The molecular weight excluding hydrogens is 234 g/mol. The first-order valence-electron chi connectivity index (χ1n) is 7.58. The number of hydrogen-bond acceptors (Lipinski definition) is 2. The van der Waals surface area contributed by atoms with Gasteiger partial charge >= 0.3 is 0 Å². The van der Waals surface area contributed by atoms with Gasteiger partial charge in [-0.2, -0.15) is 0 Å². The van der Waals surface area contributed by atoms with Crippen LogP contribution in [0.2, 0.25) is 0 Å². The standard InChI is InChI=1S/C17H25NO/c1-11-4-7-15(17(8-11)19-3)12(2)18-16-10-13-5-6-14(16)9-13/h4,7-8,12-14,16,18H,5-6,9-10H2,1-3H3. The fourth-order valence-corrected chi connectivity index (χ4v) is 4.04. The van der Waals surface area contributed by atoms with E-state index in [-0.39, 0.29) is 0 Å². The van der Waals surface area contributed by atoms with Gasteiger partial charge in [0.1, 0.15) is 5.75 Å². The van der Waals surface area contributed by atoms with Crippen molar-refractivity contribution in [3.63, 3.8) is 0 Å². The van der Waals surface area contributed by atoms with Gasteiger partial charge in [0.05, 0.1) is 7.11 Å². The van der Waals surface area contributed by atoms with E-state index in [1.54, 1.807) is 7.11 Å². The molecule has 104 valence electrons. The highest BCUT2D eigenvalue weighted by molar-refractivity contribution is 5.39. The van der Waals surface area contributed by atoms with Gasteiger partial charge in [-0.05, 0) is 56.6 Å². The summed E-state index contributed by atoms with van der Waals surface area (Å²) in [6.07, 6.45) is 5.73. The minimum Gasteiger partial charge on any atom is -0.496 e. The van der Waals surface area contributed by atoms with Gasteiger partial charge in [-0.1, -0.05) is 18.6 Å². The summed E-state index contributed by atoms with van der Waals surface area (Å²) in [7, 11) is 1.77. The maximum absolute atomic E-state index is 5.53. The van der Waals surface area contributed by atoms with Gasteiger partial charge in [-0.15, -0.1) is 0 Å². The summed E-state index contributed by atoms with van der Waals surface area (Å²) in [4.78, 5) is 0. The summed E-state index contributed by atoms with van der Waals surface area (Å²) in [5.41, 5.74) is 2.54. The molecule has 0 radical (unpaired) electrons. The number of hydrogen-bond donors (Lipinski definition) is 1. The van der Waals surface area contributed by atoms with Crippen LogP contribution >= 0.6 is 0 Å². The van der Waals surface area contributed by atoms with E-state index in [9.17, 15) is 0 Å². The molecule has 0 amide bonds. The van der Waals surface area contributed by atoms with Crippen LogP contribution in [0.15, 0.2) is 18.2 Å². The highest BCUT2D eigenvalue weighted by Crippen LogP contribution is 2.45. The SMILES string of the molecule is COc1cc(C)ccc1C(C)NC1CC2CCC1C2. The molecule has 2 aliphatic rings. The number of nitrogens with one attached hydrogen (secondary N) is 1. The molecule has 4 atom stereocenters. The van der Waals surface area contributed by atoms with E-state index in [0.29, 0.717) is 6.04 Å². The Bertz CT molecular complexity index is 457. The summed E-state index contributed by atoms with van der Waals surface area (Å²) in [6.45, 7) is 4.37. The Morgan fingerprint density at radius 2 is 2.11 bits per heavy atom. The molecule has 2 bridgehead atoms. The largest absolute Gasteiger partial charge is 0.496 e. The Morgan fingerprint density at radius 3 is 2.74 bits per heavy atom. The van der Waals surface area contributed by atoms with Crippen LogP contribution in [0.4, 0.5) is 0 Å². The minimum absolute atomic E-state index is 0.375. The molecule has 1 aromatic carbocycles. The summed E-state index contributed by atoms with van der Waals surface area (Å²) < 4.78 is 5.53. The fourth-order valence-electron chi connectivity index (χ4n) is 4.04. The molecule has 2 fully saturated rings. The summed E-state index contributed by atoms with van der Waals surface area (Å²) in [6, 6.07) is 7.61. The number of rotatable bonds is 4. The molecule has 0 aromatic heterocycles. The first kappa shape index (κ1) is 13.0. The van der Waals surface area contributed by atoms with Crippen molar-refractivity contribution in [3.8, 4) is 5.75 Å². The van der Waals surface area contributed by atoms with Crippen molar-refractivity contribution in [1.82, 2.24) is 5.32 Å². The Balaban J connectivity index is 1.71. The van der Waals surface area contributed by atoms with Gasteiger partial charge < -0.3 is 10.1 Å². The Labute approximate surface area is 116 Å². The van der Waals surface area contributed by atoms with E-state index in [2.05, 4.69) is 37.4 Å². The van der Waals surface area contributed by atoms with Crippen molar-refractivity contribution in [3.05, 3.63) is 29.3 Å². The molecule has 0 saturated heterocycles. The van der Waals surface area contributed by atoms with Crippen LogP contribution < -0.4 is 10.1 Å². The second kappa shape index (κ2) is 5.16. The van der Waals surface area contributed by atoms with Gasteiger partial charge in [-0.3, -0.25) is 0 Å². The maximum Gasteiger partial charge on any atom is 0.123 e. The van der Waals surface area contributed by atoms with Crippen LogP contribution in [0.25, 0.3) is 0 Å². The smallest absolute Gasteiger partial charge is 0.123 e. The van der Waals surface area contributed by atoms with Crippen LogP contribution in [-0.4, -0.2) is 13.2 Å². The Morgan fingerprint density at radius 1 is 1.26 bits per heavy atom. The fraction of sp³-hybridized carbons (Fsp3) is 0.647. The maximum atomic E-state index is 5.53. The molecule has 2 nitrogen and oxygen atoms in total. The van der Waals surface area contributed by atoms with E-state index >= 15 is 0 Å². The van der Waals surface area contributed by atoms with Crippen molar-refractivity contribution < 1.29 is 4.74 Å². The van der Waals surface area contributed by atoms with Crippen molar-refractivity contribution in [2.75, 3.05) is 7.11 Å². The first-order chi connectivity index (χ1) is 9.17. The molecule has 4 unspecified atom stereocenters. The summed E-state index contributed by atoms with van der Waals surface area (Å²) in [5.74, 6) is 2.93. The van der Waals surface area contributed by atoms with Gasteiger partial charge in [0.2, 0.25) is 0 Å². The van der Waals surface area contributed by atoms with Crippen LogP contribution in [-0.2, 0) is 0 Å². The quantitative estimate of drug-likeness (QED) is 0.887. The number of fused-ring (bicyclic) bond motifs is 2. The van der Waals surface area contributed by atoms with Gasteiger partial charge in [-0.25, -0.2) is 0 Å². The second-order valence-corrected chi connectivity index (χ2v) is 6.42. The highest BCUT2D eigenvalue weighted by Gasteiger charge is 2.39. The van der Waals surface area contributed by atoms with E-state index in [0.717, 1.165) is 23.6 Å². The topological polar surface area (TPSA) is 21.3 Å². The zero-order valence-electron chi connectivity index (χ0n) is 12.3. The minimum atomic E-state index is 0.375. The number of methoxy groups -OCH3 is 1. The van der Waals surface area contributed by atoms with E-state index < -0.39 is 0 Å². The predicted octanol–water partition coefficient (Wildman–Crippen LogP) is 3.84. The molecule has 1 aromatic rings. The molecule has 0 spiro atoms. The average Bonchev–Trinajstić information content (AvgIpc) is 3.00. The zero-order valence-corrected chi connectivity index (χ0v) is 12.3. The lowest BCUT2D eigenvalue weighted by Gasteiger charge is -2.27. The van der Waals surface area contributed by atoms with Crippen LogP contribution in [0.1, 0.15) is 49.8 Å².